The van der Waals surface area contributed by atoms with Crippen molar-refractivity contribution in [3.8, 4) is 11.4 Å². The Morgan fingerprint density at radius 2 is 1.92 bits per heavy atom. The van der Waals surface area contributed by atoms with Crippen LogP contribution >= 0.6 is 0 Å². The predicted octanol–water partition coefficient (Wildman–Crippen LogP) is 2.24. The van der Waals surface area contributed by atoms with Crippen molar-refractivity contribution in [3.63, 3.8) is 0 Å². The van der Waals surface area contributed by atoms with E-state index in [0.717, 1.165) is 5.56 Å². The molecule has 1 N–H and O–H groups in total. The standard InChI is InChI=1S/C17H17N5O2/c1-24-8-7-22-12-15(11-20-22)21-17(23)14-9-18-16(19-10-14)13-5-3-2-4-6-13/h2-6,9-12H,7-8H2,1H3,(H,21,23). The van der Waals surface area contributed by atoms with Crippen LogP contribution in [0.4, 0.5) is 5.69 Å². The molecule has 7 heteroatoms. The first-order valence-electron chi connectivity index (χ1n) is 7.46. The summed E-state index contributed by atoms with van der Waals surface area (Å²) in [4.78, 5) is 20.7. The summed E-state index contributed by atoms with van der Waals surface area (Å²) in [5.74, 6) is 0.306. The molecule has 0 aliphatic rings. The van der Waals surface area contributed by atoms with E-state index in [1.807, 2.05) is 30.3 Å². The second-order valence-electron chi connectivity index (χ2n) is 5.10. The van der Waals surface area contributed by atoms with Gasteiger partial charge in [0.2, 0.25) is 0 Å². The number of carbonyl (C=O) groups excluding carboxylic acids is 1. The number of benzene rings is 1. The zero-order chi connectivity index (χ0) is 16.8. The summed E-state index contributed by atoms with van der Waals surface area (Å²) in [6.45, 7) is 1.19. The summed E-state index contributed by atoms with van der Waals surface area (Å²) >= 11 is 0. The fourth-order valence-corrected chi connectivity index (χ4v) is 2.12. The Bertz CT molecular complexity index is 799. The van der Waals surface area contributed by atoms with Gasteiger partial charge < -0.3 is 10.1 Å². The Balaban J connectivity index is 1.66. The number of amides is 1. The van der Waals surface area contributed by atoms with Crippen molar-refractivity contribution in [2.75, 3.05) is 19.0 Å². The molecular formula is C17H17N5O2. The highest BCUT2D eigenvalue weighted by Gasteiger charge is 2.09. The first-order valence-corrected chi connectivity index (χ1v) is 7.46. The molecule has 1 aromatic carbocycles. The molecule has 1 amide bonds. The highest BCUT2D eigenvalue weighted by molar-refractivity contribution is 6.03. The van der Waals surface area contributed by atoms with Crippen LogP contribution in [-0.4, -0.2) is 39.4 Å². The zero-order valence-corrected chi connectivity index (χ0v) is 13.2. The van der Waals surface area contributed by atoms with E-state index >= 15 is 0 Å². The fourth-order valence-electron chi connectivity index (χ4n) is 2.12. The highest BCUT2D eigenvalue weighted by atomic mass is 16.5. The molecule has 2 aromatic heterocycles. The average Bonchev–Trinajstić information content (AvgIpc) is 3.08. The van der Waals surface area contributed by atoms with E-state index in [4.69, 9.17) is 4.74 Å². The van der Waals surface area contributed by atoms with Gasteiger partial charge in [-0.15, -0.1) is 0 Å². The molecule has 24 heavy (non-hydrogen) atoms. The van der Waals surface area contributed by atoms with Gasteiger partial charge in [-0.3, -0.25) is 9.48 Å². The van der Waals surface area contributed by atoms with Crippen LogP contribution in [0, 0.1) is 0 Å². The topological polar surface area (TPSA) is 81.9 Å². The van der Waals surface area contributed by atoms with Crippen LogP contribution in [-0.2, 0) is 11.3 Å². The Morgan fingerprint density at radius 1 is 1.17 bits per heavy atom. The van der Waals surface area contributed by atoms with E-state index in [9.17, 15) is 4.79 Å². The van der Waals surface area contributed by atoms with Crippen molar-refractivity contribution in [1.29, 1.82) is 0 Å². The first kappa shape index (κ1) is 15.8. The van der Waals surface area contributed by atoms with E-state index in [1.165, 1.54) is 12.4 Å². The first-order chi connectivity index (χ1) is 11.8. The minimum absolute atomic E-state index is 0.277. The van der Waals surface area contributed by atoms with Crippen LogP contribution in [0.25, 0.3) is 11.4 Å². The molecule has 7 nitrogen and oxygen atoms in total. The third-order valence-electron chi connectivity index (χ3n) is 3.36. The maximum absolute atomic E-state index is 12.2. The van der Waals surface area contributed by atoms with Crippen LogP contribution in [0.1, 0.15) is 10.4 Å². The van der Waals surface area contributed by atoms with E-state index in [0.29, 0.717) is 30.2 Å². The van der Waals surface area contributed by atoms with Crippen LogP contribution in [0.5, 0.6) is 0 Å². The van der Waals surface area contributed by atoms with E-state index < -0.39 is 0 Å². The summed E-state index contributed by atoms with van der Waals surface area (Å²) in [5.41, 5.74) is 1.91. The van der Waals surface area contributed by atoms with Gasteiger partial charge in [0.25, 0.3) is 5.91 Å². The average molecular weight is 323 g/mol. The van der Waals surface area contributed by atoms with Crippen molar-refractivity contribution in [1.82, 2.24) is 19.7 Å². The lowest BCUT2D eigenvalue weighted by atomic mass is 10.2. The van der Waals surface area contributed by atoms with Gasteiger partial charge in [0.1, 0.15) is 0 Å². The van der Waals surface area contributed by atoms with Crippen LogP contribution < -0.4 is 5.32 Å². The summed E-state index contributed by atoms with van der Waals surface area (Å²) in [6.07, 6.45) is 6.36. The van der Waals surface area contributed by atoms with Gasteiger partial charge in [-0.2, -0.15) is 5.10 Å². The third kappa shape index (κ3) is 3.82. The van der Waals surface area contributed by atoms with Gasteiger partial charge in [-0.1, -0.05) is 30.3 Å². The second-order valence-corrected chi connectivity index (χ2v) is 5.10. The fraction of sp³-hybridized carbons (Fsp3) is 0.176. The summed E-state index contributed by atoms with van der Waals surface area (Å²) in [7, 11) is 1.63. The zero-order valence-electron chi connectivity index (χ0n) is 13.2. The van der Waals surface area contributed by atoms with Crippen LogP contribution in [0.3, 0.4) is 0 Å². The monoisotopic (exact) mass is 323 g/mol. The van der Waals surface area contributed by atoms with Gasteiger partial charge in [-0.25, -0.2) is 9.97 Å². The van der Waals surface area contributed by atoms with E-state index in [-0.39, 0.29) is 5.91 Å². The number of rotatable bonds is 6. The van der Waals surface area contributed by atoms with Gasteiger partial charge in [0.05, 0.1) is 30.6 Å². The Hall–Kier alpha value is -3.06. The molecule has 0 unspecified atom stereocenters. The Kier molecular flexibility index (Phi) is 4.93. The molecule has 0 spiro atoms. The number of nitrogens with one attached hydrogen (secondary N) is 1. The summed E-state index contributed by atoms with van der Waals surface area (Å²) in [6, 6.07) is 9.60. The lowest BCUT2D eigenvalue weighted by Gasteiger charge is -2.03. The number of hydrogen-bond acceptors (Lipinski definition) is 5. The van der Waals surface area contributed by atoms with Crippen LogP contribution in [0.15, 0.2) is 55.1 Å². The molecule has 0 fully saturated rings. The number of carbonyl (C=O) groups is 1. The normalized spacial score (nSPS) is 10.5. The van der Waals surface area contributed by atoms with Crippen molar-refractivity contribution in [3.05, 3.63) is 60.7 Å². The Morgan fingerprint density at radius 3 is 2.62 bits per heavy atom. The smallest absolute Gasteiger partial charge is 0.258 e. The number of hydrogen-bond donors (Lipinski definition) is 1. The van der Waals surface area contributed by atoms with Crippen molar-refractivity contribution >= 4 is 11.6 Å². The van der Waals surface area contributed by atoms with Gasteiger partial charge in [0, 0.05) is 31.3 Å². The minimum atomic E-state index is -0.277. The molecule has 0 saturated heterocycles. The van der Waals surface area contributed by atoms with E-state index in [1.54, 1.807) is 24.2 Å². The van der Waals surface area contributed by atoms with Crippen LogP contribution in [0.2, 0.25) is 0 Å². The minimum Gasteiger partial charge on any atom is -0.383 e. The molecule has 3 rings (SSSR count). The van der Waals surface area contributed by atoms with E-state index in [2.05, 4.69) is 20.4 Å². The molecule has 122 valence electrons. The van der Waals surface area contributed by atoms with Crippen molar-refractivity contribution in [2.24, 2.45) is 0 Å². The largest absolute Gasteiger partial charge is 0.383 e. The van der Waals surface area contributed by atoms with Crippen molar-refractivity contribution in [2.45, 2.75) is 6.54 Å². The number of methoxy groups -OCH3 is 1. The predicted molar refractivity (Wildman–Crippen MR) is 89.5 cm³/mol. The molecule has 0 aliphatic heterocycles. The molecule has 0 saturated carbocycles. The summed E-state index contributed by atoms with van der Waals surface area (Å²) < 4.78 is 6.69. The molecule has 3 aromatic rings. The third-order valence-corrected chi connectivity index (χ3v) is 3.36. The molecule has 2 heterocycles. The number of aromatic nitrogens is 4. The highest BCUT2D eigenvalue weighted by Crippen LogP contribution is 2.14. The summed E-state index contributed by atoms with van der Waals surface area (Å²) in [5, 5.41) is 6.92. The molecular weight excluding hydrogens is 306 g/mol. The number of anilines is 1. The molecule has 0 aliphatic carbocycles. The molecule has 0 atom stereocenters. The van der Waals surface area contributed by atoms with Crippen molar-refractivity contribution < 1.29 is 9.53 Å². The van der Waals surface area contributed by atoms with Gasteiger partial charge >= 0.3 is 0 Å². The second kappa shape index (κ2) is 7.47. The molecule has 0 bridgehead atoms. The maximum Gasteiger partial charge on any atom is 0.258 e. The quantitative estimate of drug-likeness (QED) is 0.752. The van der Waals surface area contributed by atoms with Gasteiger partial charge in [0.15, 0.2) is 5.82 Å². The molecule has 0 radical (unpaired) electrons. The lowest BCUT2D eigenvalue weighted by molar-refractivity contribution is 0.102. The SMILES string of the molecule is COCCn1cc(NC(=O)c2cnc(-c3ccccc3)nc2)cn1. The number of nitrogens with zero attached hydrogens (tertiary/aromatic N) is 4. The Labute approximate surface area is 139 Å². The number of ether oxygens (including phenoxy) is 1. The maximum atomic E-state index is 12.2. The lowest BCUT2D eigenvalue weighted by Crippen LogP contribution is -2.12. The van der Waals surface area contributed by atoms with Gasteiger partial charge in [-0.05, 0) is 0 Å².